The molecule has 2 aromatic heterocycles. The average molecular weight is 477 g/mol. The molecule has 0 aliphatic heterocycles. The molecule has 2 heterocycles. The lowest BCUT2D eigenvalue weighted by Gasteiger charge is -2.24. The van der Waals surface area contributed by atoms with E-state index in [9.17, 15) is 4.79 Å². The highest BCUT2D eigenvalue weighted by Crippen LogP contribution is 2.36. The van der Waals surface area contributed by atoms with Crippen molar-refractivity contribution in [1.29, 1.82) is 0 Å². The maximum atomic E-state index is 13.7. The largest absolute Gasteiger partial charge is 0.360 e. The number of halogens is 2. The molecule has 0 bridgehead atoms. The third-order valence-electron chi connectivity index (χ3n) is 5.52. The Labute approximate surface area is 197 Å². The van der Waals surface area contributed by atoms with Crippen LogP contribution in [0.4, 0.5) is 5.13 Å². The average Bonchev–Trinajstić information content (AvgIpc) is 3.39. The number of likely N-dealkylation sites (N-methyl/N-ethyl adjacent to an activating group) is 1. The van der Waals surface area contributed by atoms with Gasteiger partial charge in [-0.3, -0.25) is 9.69 Å². The van der Waals surface area contributed by atoms with Crippen LogP contribution in [0.2, 0.25) is 5.02 Å². The van der Waals surface area contributed by atoms with Crippen LogP contribution in [-0.4, -0.2) is 47.0 Å². The Hall–Kier alpha value is -2.12. The van der Waals surface area contributed by atoms with Crippen LogP contribution >= 0.6 is 35.3 Å². The van der Waals surface area contributed by atoms with Gasteiger partial charge in [0.1, 0.15) is 0 Å². The van der Waals surface area contributed by atoms with Crippen molar-refractivity contribution in [2.45, 2.75) is 20.8 Å². The van der Waals surface area contributed by atoms with Gasteiger partial charge in [-0.25, -0.2) is 4.98 Å². The zero-order chi connectivity index (χ0) is 21.3. The lowest BCUT2D eigenvalue weighted by Crippen LogP contribution is -2.38. The standard InChI is InChI=1S/C23H25ClN4OS.ClH/c1-4-27(5-2)12-13-28(22(29)17-14-25-19-9-7-6-8-16(17)19)23-26-20-15(3)10-11-18(24)21(20)30-23;/h6-11,14,25H,4-5,12-13H2,1-3H3;1H. The van der Waals surface area contributed by atoms with Gasteiger partial charge in [0.05, 0.1) is 20.8 Å². The Morgan fingerprint density at radius 2 is 1.87 bits per heavy atom. The number of benzene rings is 2. The molecule has 1 amide bonds. The van der Waals surface area contributed by atoms with Gasteiger partial charge in [0.25, 0.3) is 5.91 Å². The zero-order valence-corrected chi connectivity index (χ0v) is 20.2. The molecule has 8 heteroatoms. The number of fused-ring (bicyclic) bond motifs is 2. The van der Waals surface area contributed by atoms with Gasteiger partial charge >= 0.3 is 0 Å². The molecule has 0 unspecified atom stereocenters. The molecule has 4 rings (SSSR count). The van der Waals surface area contributed by atoms with Crippen molar-refractivity contribution >= 4 is 67.5 Å². The number of thiazole rings is 1. The van der Waals surface area contributed by atoms with E-state index in [1.165, 1.54) is 11.3 Å². The van der Waals surface area contributed by atoms with Gasteiger partial charge in [0.15, 0.2) is 5.13 Å². The smallest absolute Gasteiger partial charge is 0.262 e. The summed E-state index contributed by atoms with van der Waals surface area (Å²) < 4.78 is 0.922. The fraction of sp³-hybridized carbons (Fsp3) is 0.304. The number of carbonyl (C=O) groups excluding carboxylic acids is 1. The molecule has 0 fully saturated rings. The number of amides is 1. The van der Waals surface area contributed by atoms with E-state index in [-0.39, 0.29) is 18.3 Å². The lowest BCUT2D eigenvalue weighted by atomic mass is 10.1. The summed E-state index contributed by atoms with van der Waals surface area (Å²) in [7, 11) is 0. The minimum atomic E-state index is -0.0487. The Balaban J connectivity index is 0.00000272. The van der Waals surface area contributed by atoms with Crippen LogP contribution in [0.15, 0.2) is 42.6 Å². The van der Waals surface area contributed by atoms with E-state index >= 15 is 0 Å². The van der Waals surface area contributed by atoms with Crippen molar-refractivity contribution in [3.63, 3.8) is 0 Å². The Morgan fingerprint density at radius 1 is 1.13 bits per heavy atom. The Morgan fingerprint density at radius 3 is 2.58 bits per heavy atom. The molecule has 0 saturated carbocycles. The van der Waals surface area contributed by atoms with Crippen LogP contribution in [0.1, 0.15) is 29.8 Å². The van der Waals surface area contributed by atoms with Gasteiger partial charge in [-0.15, -0.1) is 12.4 Å². The van der Waals surface area contributed by atoms with E-state index in [0.29, 0.717) is 22.3 Å². The molecular formula is C23H26Cl2N4OS. The second kappa shape index (κ2) is 10.0. The number of para-hydroxylation sites is 1. The topological polar surface area (TPSA) is 52.2 Å². The number of carbonyl (C=O) groups is 1. The number of anilines is 1. The van der Waals surface area contributed by atoms with E-state index in [2.05, 4.69) is 23.7 Å². The van der Waals surface area contributed by atoms with Crippen LogP contribution in [0.25, 0.3) is 21.1 Å². The summed E-state index contributed by atoms with van der Waals surface area (Å²) in [4.78, 5) is 25.8. The number of aromatic nitrogens is 2. The summed E-state index contributed by atoms with van der Waals surface area (Å²) in [6.45, 7) is 9.52. The molecule has 31 heavy (non-hydrogen) atoms. The van der Waals surface area contributed by atoms with Crippen LogP contribution in [0.3, 0.4) is 0 Å². The maximum Gasteiger partial charge on any atom is 0.262 e. The predicted molar refractivity (Wildman–Crippen MR) is 134 cm³/mol. The highest BCUT2D eigenvalue weighted by Gasteiger charge is 2.25. The second-order valence-corrected chi connectivity index (χ2v) is 8.65. The van der Waals surface area contributed by atoms with E-state index in [4.69, 9.17) is 16.6 Å². The van der Waals surface area contributed by atoms with Gasteiger partial charge in [-0.1, -0.05) is 61.1 Å². The Bertz CT molecular complexity index is 1160. The number of rotatable bonds is 7. The SMILES string of the molecule is CCN(CC)CCN(C(=O)c1c[nH]c2ccccc12)c1nc2c(C)ccc(Cl)c2s1.Cl. The molecule has 164 valence electrons. The van der Waals surface area contributed by atoms with Crippen molar-refractivity contribution in [3.05, 3.63) is 58.7 Å². The number of aryl methyl sites for hydroxylation is 1. The number of hydrogen-bond acceptors (Lipinski definition) is 4. The van der Waals surface area contributed by atoms with Gasteiger partial charge in [0.2, 0.25) is 0 Å². The number of nitrogens with zero attached hydrogens (tertiary/aromatic N) is 3. The van der Waals surface area contributed by atoms with E-state index in [1.54, 1.807) is 11.1 Å². The van der Waals surface area contributed by atoms with E-state index in [1.807, 2.05) is 43.3 Å². The van der Waals surface area contributed by atoms with Crippen molar-refractivity contribution in [1.82, 2.24) is 14.9 Å². The highest BCUT2D eigenvalue weighted by atomic mass is 35.5. The van der Waals surface area contributed by atoms with E-state index < -0.39 is 0 Å². The molecular weight excluding hydrogens is 451 g/mol. The van der Waals surface area contributed by atoms with Crippen LogP contribution in [0.5, 0.6) is 0 Å². The minimum absolute atomic E-state index is 0. The molecule has 0 aliphatic rings. The van der Waals surface area contributed by atoms with Crippen molar-refractivity contribution < 1.29 is 4.79 Å². The zero-order valence-electron chi connectivity index (χ0n) is 17.8. The number of H-pyrrole nitrogens is 1. The fourth-order valence-corrected chi connectivity index (χ4v) is 5.01. The molecule has 5 nitrogen and oxygen atoms in total. The second-order valence-electron chi connectivity index (χ2n) is 7.27. The molecule has 2 aromatic carbocycles. The molecule has 1 N–H and O–H groups in total. The molecule has 0 aliphatic carbocycles. The lowest BCUT2D eigenvalue weighted by molar-refractivity contribution is 0.0985. The summed E-state index contributed by atoms with van der Waals surface area (Å²) in [5.74, 6) is -0.0487. The molecule has 0 atom stereocenters. The Kier molecular flexibility index (Phi) is 7.59. The van der Waals surface area contributed by atoms with Gasteiger partial charge in [-0.2, -0.15) is 0 Å². The molecule has 0 spiro atoms. The first-order chi connectivity index (χ1) is 14.5. The third-order valence-corrected chi connectivity index (χ3v) is 7.05. The number of hydrogen-bond donors (Lipinski definition) is 1. The summed E-state index contributed by atoms with van der Waals surface area (Å²) in [6.07, 6.45) is 1.79. The number of nitrogens with one attached hydrogen (secondary N) is 1. The quantitative estimate of drug-likeness (QED) is 0.347. The molecule has 4 aromatic rings. The first-order valence-corrected chi connectivity index (χ1v) is 11.4. The van der Waals surface area contributed by atoms with E-state index in [0.717, 1.165) is 46.3 Å². The van der Waals surface area contributed by atoms with Crippen LogP contribution < -0.4 is 4.90 Å². The third kappa shape index (κ3) is 4.58. The monoisotopic (exact) mass is 476 g/mol. The highest BCUT2D eigenvalue weighted by molar-refractivity contribution is 7.23. The van der Waals surface area contributed by atoms with Crippen molar-refractivity contribution in [2.24, 2.45) is 0 Å². The summed E-state index contributed by atoms with van der Waals surface area (Å²) >= 11 is 7.91. The molecule has 0 saturated heterocycles. The molecule has 0 radical (unpaired) electrons. The summed E-state index contributed by atoms with van der Waals surface area (Å²) in [6, 6.07) is 11.7. The number of aromatic amines is 1. The summed E-state index contributed by atoms with van der Waals surface area (Å²) in [5, 5.41) is 2.27. The van der Waals surface area contributed by atoms with Gasteiger partial charge in [0, 0.05) is 30.2 Å². The first kappa shape index (κ1) is 23.5. The fourth-order valence-electron chi connectivity index (χ4n) is 3.67. The summed E-state index contributed by atoms with van der Waals surface area (Å²) in [5.41, 5.74) is 3.53. The predicted octanol–water partition coefficient (Wildman–Crippen LogP) is 6.15. The van der Waals surface area contributed by atoms with Crippen LogP contribution in [0, 0.1) is 6.92 Å². The normalized spacial score (nSPS) is 11.3. The minimum Gasteiger partial charge on any atom is -0.360 e. The van der Waals surface area contributed by atoms with Gasteiger partial charge in [-0.05, 0) is 37.7 Å². The van der Waals surface area contributed by atoms with Gasteiger partial charge < -0.3 is 9.88 Å². The maximum absolute atomic E-state index is 13.7. The first-order valence-electron chi connectivity index (χ1n) is 10.2. The van der Waals surface area contributed by atoms with Crippen molar-refractivity contribution in [3.8, 4) is 0 Å². The van der Waals surface area contributed by atoms with Crippen molar-refractivity contribution in [2.75, 3.05) is 31.1 Å². The van der Waals surface area contributed by atoms with Crippen LogP contribution in [-0.2, 0) is 0 Å².